The Morgan fingerprint density at radius 2 is 1.71 bits per heavy atom. The molecule has 1 aromatic heterocycles. The largest absolute Gasteiger partial charge is 0.303 e. The molecule has 3 heterocycles. The molecule has 0 amide bonds. The zero-order valence-corrected chi connectivity index (χ0v) is 22.8. The van der Waals surface area contributed by atoms with Gasteiger partial charge in [0.1, 0.15) is 12.1 Å². The van der Waals surface area contributed by atoms with Crippen LogP contribution < -0.4 is 5.56 Å². The number of rotatable bonds is 3. The fourth-order valence-corrected chi connectivity index (χ4v) is 8.40. The Labute approximate surface area is 229 Å². The molecule has 3 fully saturated rings. The number of carbonyl (C=O) groups excluding carboxylic acids is 1. The van der Waals surface area contributed by atoms with Crippen molar-refractivity contribution in [3.8, 4) is 5.69 Å². The second-order valence-corrected chi connectivity index (χ2v) is 12.6. The van der Waals surface area contributed by atoms with Crippen LogP contribution in [0.25, 0.3) is 16.6 Å². The van der Waals surface area contributed by atoms with Gasteiger partial charge in [-0.1, -0.05) is 49.1 Å². The summed E-state index contributed by atoms with van der Waals surface area (Å²) in [5.41, 5.74) is 4.45. The van der Waals surface area contributed by atoms with Crippen molar-refractivity contribution in [2.45, 2.75) is 88.0 Å². The minimum absolute atomic E-state index is 0.175. The van der Waals surface area contributed by atoms with Gasteiger partial charge >= 0.3 is 0 Å². The van der Waals surface area contributed by atoms with Gasteiger partial charge in [0.15, 0.2) is 0 Å². The van der Waals surface area contributed by atoms with Crippen molar-refractivity contribution >= 4 is 28.8 Å². The summed E-state index contributed by atoms with van der Waals surface area (Å²) in [5, 5.41) is 1.01. The average molecular weight is 530 g/mol. The Balaban J connectivity index is 1.24. The van der Waals surface area contributed by atoms with Gasteiger partial charge in [0, 0.05) is 12.0 Å². The van der Waals surface area contributed by atoms with Gasteiger partial charge in [-0.05, 0) is 99.7 Å². The van der Waals surface area contributed by atoms with E-state index in [-0.39, 0.29) is 16.9 Å². The number of hydrogen-bond acceptors (Lipinski definition) is 4. The van der Waals surface area contributed by atoms with Crippen LogP contribution in [0.1, 0.15) is 93.5 Å². The van der Waals surface area contributed by atoms with Gasteiger partial charge in [0.2, 0.25) is 0 Å². The lowest BCUT2D eigenvalue weighted by atomic mass is 9.69. The highest BCUT2D eigenvalue weighted by Gasteiger charge is 2.46. The number of hydrogen-bond donors (Lipinski definition) is 0. The molecular formula is C32H36ClN3O2. The predicted octanol–water partition coefficient (Wildman–Crippen LogP) is 6.54. The normalized spacial score (nSPS) is 25.4. The number of nitrogens with zero attached hydrogens (tertiary/aromatic N) is 3. The number of likely N-dealkylation sites (tertiary alicyclic amines) is 1. The molecule has 0 bridgehead atoms. The van der Waals surface area contributed by atoms with Gasteiger partial charge in [-0.25, -0.2) is 0 Å². The minimum atomic E-state index is -0.204. The first-order chi connectivity index (χ1) is 18.6. The molecule has 0 N–H and O–H groups in total. The molecule has 3 aromatic rings. The van der Waals surface area contributed by atoms with Crippen LogP contribution in [0.3, 0.4) is 0 Å². The highest BCUT2D eigenvalue weighted by molar-refractivity contribution is 6.35. The zero-order chi connectivity index (χ0) is 25.9. The maximum atomic E-state index is 13.2. The number of fused-ring (bicyclic) bond motifs is 7. The van der Waals surface area contributed by atoms with Crippen molar-refractivity contribution in [1.82, 2.24) is 14.5 Å². The number of aldehydes is 1. The van der Waals surface area contributed by atoms with E-state index in [0.29, 0.717) is 22.4 Å². The summed E-state index contributed by atoms with van der Waals surface area (Å²) in [6, 6.07) is 13.5. The van der Waals surface area contributed by atoms with Crippen LogP contribution in [0.2, 0.25) is 5.02 Å². The van der Waals surface area contributed by atoms with Crippen LogP contribution >= 0.6 is 11.6 Å². The summed E-state index contributed by atoms with van der Waals surface area (Å²) in [4.78, 5) is 31.8. The van der Waals surface area contributed by atoms with Gasteiger partial charge in [-0.15, -0.1) is 0 Å². The lowest BCUT2D eigenvalue weighted by Crippen LogP contribution is -2.42. The molecule has 2 saturated carbocycles. The Morgan fingerprint density at radius 1 is 0.947 bits per heavy atom. The summed E-state index contributed by atoms with van der Waals surface area (Å²) in [5.74, 6) is 1.74. The predicted molar refractivity (Wildman–Crippen MR) is 152 cm³/mol. The van der Waals surface area contributed by atoms with E-state index >= 15 is 0 Å². The molecule has 2 aliphatic heterocycles. The quantitative estimate of drug-likeness (QED) is 0.361. The summed E-state index contributed by atoms with van der Waals surface area (Å²) in [7, 11) is 0. The lowest BCUT2D eigenvalue weighted by molar-refractivity contribution is -0.112. The van der Waals surface area contributed by atoms with Gasteiger partial charge in [0.05, 0.1) is 27.0 Å². The number of piperidine rings is 1. The van der Waals surface area contributed by atoms with Crippen LogP contribution in [0.15, 0.2) is 41.2 Å². The summed E-state index contributed by atoms with van der Waals surface area (Å²) < 4.78 is 2.27. The molecule has 0 unspecified atom stereocenters. The van der Waals surface area contributed by atoms with E-state index < -0.39 is 0 Å². The Morgan fingerprint density at radius 3 is 2.45 bits per heavy atom. The molecule has 6 heteroatoms. The van der Waals surface area contributed by atoms with Crippen molar-refractivity contribution in [1.29, 1.82) is 0 Å². The molecule has 5 nitrogen and oxygen atoms in total. The van der Waals surface area contributed by atoms with E-state index in [1.807, 2.05) is 12.1 Å². The van der Waals surface area contributed by atoms with E-state index in [2.05, 4.69) is 27.7 Å². The third-order valence-corrected chi connectivity index (χ3v) is 10.5. The second-order valence-electron chi connectivity index (χ2n) is 12.1. The lowest BCUT2D eigenvalue weighted by Gasteiger charge is -2.40. The number of halogens is 1. The minimum Gasteiger partial charge on any atom is -0.303 e. The first kappa shape index (κ1) is 24.5. The molecule has 1 spiro atoms. The molecule has 2 aliphatic carbocycles. The maximum Gasteiger partial charge on any atom is 0.282 e. The van der Waals surface area contributed by atoms with E-state index in [0.717, 1.165) is 82.1 Å². The first-order valence-corrected chi connectivity index (χ1v) is 15.0. The van der Waals surface area contributed by atoms with Gasteiger partial charge in [-0.2, -0.15) is 4.98 Å². The Bertz CT molecular complexity index is 1440. The van der Waals surface area contributed by atoms with E-state index in [1.54, 1.807) is 6.07 Å². The highest BCUT2D eigenvalue weighted by Crippen LogP contribution is 2.52. The molecule has 0 radical (unpaired) electrons. The Kier molecular flexibility index (Phi) is 6.20. The van der Waals surface area contributed by atoms with E-state index in [9.17, 15) is 9.59 Å². The van der Waals surface area contributed by atoms with Crippen LogP contribution in [0.4, 0.5) is 0 Å². The number of benzene rings is 2. The molecule has 2 aromatic carbocycles. The molecule has 0 atom stereocenters. The number of aromatic nitrogens is 2. The smallest absolute Gasteiger partial charge is 0.282 e. The number of carbonyl (C=O) groups is 1. The topological polar surface area (TPSA) is 55.2 Å². The molecular weight excluding hydrogens is 494 g/mol. The third kappa shape index (κ3) is 3.80. The fraction of sp³-hybridized carbons (Fsp3) is 0.531. The van der Waals surface area contributed by atoms with Crippen LogP contribution in [0, 0.1) is 5.92 Å². The molecule has 4 aliphatic rings. The average Bonchev–Trinajstić information content (AvgIpc) is 3.22. The van der Waals surface area contributed by atoms with Crippen molar-refractivity contribution in [2.24, 2.45) is 5.92 Å². The molecule has 1 saturated heterocycles. The third-order valence-electron chi connectivity index (χ3n) is 10.2. The van der Waals surface area contributed by atoms with Crippen LogP contribution in [-0.2, 0) is 10.2 Å². The molecule has 7 rings (SSSR count). The van der Waals surface area contributed by atoms with Crippen LogP contribution in [0.5, 0.6) is 0 Å². The standard InChI is InChI=1S/C32H36ClN3O2/c33-26-5-4-6-27-29(26)30(38)34-31-32(15-2-1-3-16-32)25-12-9-23(19-28(25)36(27)31)22-13-17-35(18-14-22)24-10-7-21(20-37)8-11-24/h4-6,9,12,19-22,24H,1-3,7-8,10-11,13-18H2. The van der Waals surface area contributed by atoms with Crippen molar-refractivity contribution in [3.05, 3.63) is 68.7 Å². The van der Waals surface area contributed by atoms with Gasteiger partial charge in [-0.3, -0.25) is 9.36 Å². The highest BCUT2D eigenvalue weighted by atomic mass is 35.5. The van der Waals surface area contributed by atoms with Crippen molar-refractivity contribution in [3.63, 3.8) is 0 Å². The zero-order valence-electron chi connectivity index (χ0n) is 22.0. The van der Waals surface area contributed by atoms with E-state index in [1.165, 1.54) is 36.1 Å². The summed E-state index contributed by atoms with van der Waals surface area (Å²) in [6.07, 6.45) is 13.6. The molecule has 198 valence electrons. The molecule has 38 heavy (non-hydrogen) atoms. The summed E-state index contributed by atoms with van der Waals surface area (Å²) in [6.45, 7) is 2.26. The van der Waals surface area contributed by atoms with Gasteiger partial charge in [0.25, 0.3) is 5.56 Å². The van der Waals surface area contributed by atoms with Crippen LogP contribution in [-0.4, -0.2) is 39.9 Å². The Hall–Kier alpha value is -2.50. The van der Waals surface area contributed by atoms with E-state index in [4.69, 9.17) is 16.6 Å². The summed E-state index contributed by atoms with van der Waals surface area (Å²) >= 11 is 6.54. The fourth-order valence-electron chi connectivity index (χ4n) is 8.15. The van der Waals surface area contributed by atoms with Gasteiger partial charge < -0.3 is 9.69 Å². The second kappa shape index (κ2) is 9.60. The maximum absolute atomic E-state index is 13.2. The first-order valence-electron chi connectivity index (χ1n) is 14.6. The van der Waals surface area contributed by atoms with Crippen molar-refractivity contribution in [2.75, 3.05) is 13.1 Å². The van der Waals surface area contributed by atoms with Crippen molar-refractivity contribution < 1.29 is 4.79 Å². The SMILES string of the molecule is O=CC1CCC(N2CCC(c3ccc4c(c3)-n3c(nc(=O)c5c(Cl)cccc53)C43CCCCC3)CC2)CC1. The monoisotopic (exact) mass is 529 g/mol.